The number of aryl methyl sites for hydroxylation is 5. The molecule has 6 aliphatic rings. The fourth-order valence-corrected chi connectivity index (χ4v) is 16.2. The zero-order chi connectivity index (χ0) is 69.0. The maximum Gasteiger partial charge on any atom is 0.410 e. The van der Waals surface area contributed by atoms with E-state index in [-0.39, 0.29) is 36.1 Å². The first-order chi connectivity index (χ1) is 49.5. The smallest absolute Gasteiger partial charge is 0.410 e. The highest BCUT2D eigenvalue weighted by Gasteiger charge is 2.45. The van der Waals surface area contributed by atoms with Gasteiger partial charge in [-0.25, -0.2) is 19.6 Å². The summed E-state index contributed by atoms with van der Waals surface area (Å²) in [4.78, 5) is 85.6. The highest BCUT2D eigenvalue weighted by molar-refractivity contribution is 6.31. The van der Waals surface area contributed by atoms with Gasteiger partial charge in [0.25, 0.3) is 5.91 Å². The number of benzene rings is 5. The van der Waals surface area contributed by atoms with Crippen LogP contribution in [0.2, 0.25) is 10.0 Å². The normalized spacial score (nSPS) is 19.5. The molecule has 2 saturated heterocycles. The van der Waals surface area contributed by atoms with Gasteiger partial charge in [0.15, 0.2) is 0 Å². The second-order valence-corrected chi connectivity index (χ2v) is 28.6. The lowest BCUT2D eigenvalue weighted by Crippen LogP contribution is -2.62. The quantitative estimate of drug-likeness (QED) is 0.0970. The minimum absolute atomic E-state index is 0.0996. The van der Waals surface area contributed by atoms with Crippen molar-refractivity contribution in [2.45, 2.75) is 152 Å². The molecule has 15 rings (SSSR count). The Bertz CT molecular complexity index is 4300. The standard InChI is InChI=1S/C45H49ClN6O3.C36H39ClN6O3/c46-37-20-21-40-36(29-37)19-18-35-14-8-22-48-42(35)43(40)50-26-27-52(45(54)55-39-16-5-2-6-17-39)41(31-50)44(53)51(24-9-13-33-10-3-1-4-11-33)38-15-7-12-34(28-38)30-49-25-23-47-32-49;37-28-13-14-31-27(21-28)12-11-26-7-5-15-39-33(26)34(31)42-18-19-43(36(45)46-30-9-2-1-3-10-30)32(23-42)35(44)40-29-8-4-6-25(20-29)22-41-17-16-38-24-41/h1,3-4,7-8,10-12,14-15,20-23,25,28-29,32,39,41,43H,2,5-6,9,13,16-19,24,26-27,30-31H2;4-8,13-17,20-21,24,30,32,34H,1-3,9-12,18-19,22-23H2,(H,40,44). The van der Waals surface area contributed by atoms with Gasteiger partial charge in [0.05, 0.1) is 36.1 Å². The number of nitrogens with zero attached hydrogens (tertiary/aromatic N) is 11. The number of aromatic nitrogens is 6. The number of pyridine rings is 2. The van der Waals surface area contributed by atoms with Crippen molar-refractivity contribution in [1.29, 1.82) is 0 Å². The van der Waals surface area contributed by atoms with Gasteiger partial charge in [0.2, 0.25) is 5.91 Å². The summed E-state index contributed by atoms with van der Waals surface area (Å²) in [5.41, 5.74) is 13.9. The molecule has 2 saturated carbocycles. The average molecular weight is 1400 g/mol. The SMILES string of the molecule is O=C(C1CN(C2c3ccc(Cl)cc3CCc3cccnc32)CCN1C(=O)OC1CCCCC1)N(CCCc1ccccc1)c1cccc(Cn2ccnc2)c1.O=C(Nc1cccc(Cn2ccnc2)c1)C1CN(C2c3ccc(Cl)cc3CCc3cccnc32)CCN1C(=O)OC1CCCCC1. The third-order valence-corrected chi connectivity index (χ3v) is 21.4. The lowest BCUT2D eigenvalue weighted by atomic mass is 9.95. The molecular weight excluding hydrogens is 1310 g/mol. The second kappa shape index (κ2) is 32.6. The van der Waals surface area contributed by atoms with E-state index in [0.717, 1.165) is 136 Å². The number of carbonyl (C=O) groups is 4. The van der Waals surface area contributed by atoms with Crippen LogP contribution in [0, 0.1) is 0 Å². The van der Waals surface area contributed by atoms with Gasteiger partial charge in [-0.1, -0.05) is 115 Å². The molecule has 4 aliphatic carbocycles. The van der Waals surface area contributed by atoms with Crippen LogP contribution in [-0.2, 0) is 64.3 Å². The molecule has 9 aromatic rings. The summed E-state index contributed by atoms with van der Waals surface area (Å²) in [6.45, 7) is 4.32. The van der Waals surface area contributed by atoms with E-state index in [1.54, 1.807) is 34.8 Å². The van der Waals surface area contributed by atoms with E-state index in [0.29, 0.717) is 74.6 Å². The topological polar surface area (TPSA) is 176 Å². The van der Waals surface area contributed by atoms with Gasteiger partial charge in [0.1, 0.15) is 24.3 Å². The van der Waals surface area contributed by atoms with E-state index in [9.17, 15) is 14.4 Å². The second-order valence-electron chi connectivity index (χ2n) is 27.7. The van der Waals surface area contributed by atoms with Gasteiger partial charge in [-0.3, -0.25) is 39.2 Å². The molecule has 20 heteroatoms. The van der Waals surface area contributed by atoms with Crippen LogP contribution in [0.4, 0.5) is 21.0 Å². The van der Waals surface area contributed by atoms with E-state index in [1.165, 1.54) is 34.2 Å². The molecule has 4 fully saturated rings. The molecule has 0 spiro atoms. The summed E-state index contributed by atoms with van der Waals surface area (Å²) in [5.74, 6) is -0.347. The van der Waals surface area contributed by atoms with Gasteiger partial charge >= 0.3 is 12.2 Å². The largest absolute Gasteiger partial charge is 0.446 e. The van der Waals surface area contributed by atoms with E-state index in [2.05, 4.69) is 97.9 Å². The first-order valence-electron chi connectivity index (χ1n) is 36.1. The molecule has 18 nitrogen and oxygen atoms in total. The monoisotopic (exact) mass is 1390 g/mol. The summed E-state index contributed by atoms with van der Waals surface area (Å²) in [6, 6.07) is 45.0. The van der Waals surface area contributed by atoms with E-state index in [1.807, 2.05) is 106 Å². The predicted molar refractivity (Wildman–Crippen MR) is 392 cm³/mol. The highest BCUT2D eigenvalue weighted by atomic mass is 35.5. The van der Waals surface area contributed by atoms with Crippen molar-refractivity contribution in [3.05, 3.63) is 261 Å². The molecule has 101 heavy (non-hydrogen) atoms. The molecule has 5 aromatic carbocycles. The van der Waals surface area contributed by atoms with Crippen molar-refractivity contribution in [3.8, 4) is 0 Å². The van der Waals surface area contributed by atoms with Crippen LogP contribution in [0.3, 0.4) is 0 Å². The Labute approximate surface area is 601 Å². The Hall–Kier alpha value is -9.20. The van der Waals surface area contributed by atoms with Crippen LogP contribution in [-0.4, -0.2) is 143 Å². The zero-order valence-electron chi connectivity index (χ0n) is 57.2. The van der Waals surface area contributed by atoms with Crippen LogP contribution in [0.1, 0.15) is 144 Å². The van der Waals surface area contributed by atoms with Crippen molar-refractivity contribution in [2.24, 2.45) is 0 Å². The van der Waals surface area contributed by atoms with Crippen LogP contribution in [0.5, 0.6) is 0 Å². The van der Waals surface area contributed by atoms with Gasteiger partial charge in [-0.05, 0) is 201 Å². The summed E-state index contributed by atoms with van der Waals surface area (Å²) in [7, 11) is 0. The number of hydrogen-bond donors (Lipinski definition) is 1. The molecule has 0 radical (unpaired) electrons. The van der Waals surface area contributed by atoms with Gasteiger partial charge in [-0.2, -0.15) is 0 Å². The number of rotatable bonds is 16. The lowest BCUT2D eigenvalue weighted by molar-refractivity contribution is -0.126. The summed E-state index contributed by atoms with van der Waals surface area (Å²) in [5, 5.41) is 4.55. The van der Waals surface area contributed by atoms with Crippen molar-refractivity contribution in [3.63, 3.8) is 0 Å². The average Bonchev–Trinajstić information content (AvgIpc) is 1.75. The number of nitrogens with one attached hydrogen (secondary N) is 1. The number of imidazole rings is 2. The number of fused-ring (bicyclic) bond motifs is 4. The number of carbonyl (C=O) groups excluding carboxylic acids is 4. The predicted octanol–water partition coefficient (Wildman–Crippen LogP) is 14.6. The maximum atomic E-state index is 15.4. The van der Waals surface area contributed by atoms with E-state index < -0.39 is 24.3 Å². The van der Waals surface area contributed by atoms with Gasteiger partial charge in [0, 0.05) is 118 Å². The Morgan fingerprint density at radius 2 is 1.02 bits per heavy atom. The molecule has 0 bridgehead atoms. The van der Waals surface area contributed by atoms with Gasteiger partial charge in [-0.15, -0.1) is 0 Å². The molecule has 1 N–H and O–H groups in total. The van der Waals surface area contributed by atoms with Crippen LogP contribution >= 0.6 is 23.2 Å². The fraction of sp³-hybridized carbons (Fsp3) is 0.383. The third-order valence-electron chi connectivity index (χ3n) is 21.0. The minimum Gasteiger partial charge on any atom is -0.446 e. The number of ether oxygens (including phenoxy) is 2. The maximum absolute atomic E-state index is 15.4. The summed E-state index contributed by atoms with van der Waals surface area (Å²) >= 11 is 13.0. The molecule has 2 aliphatic heterocycles. The van der Waals surface area contributed by atoms with Crippen molar-refractivity contribution in [2.75, 3.05) is 56.0 Å². The van der Waals surface area contributed by atoms with Crippen molar-refractivity contribution in [1.82, 2.24) is 48.7 Å². The fourth-order valence-electron chi connectivity index (χ4n) is 15.9. The Morgan fingerprint density at radius 1 is 0.505 bits per heavy atom. The lowest BCUT2D eigenvalue weighted by Gasteiger charge is -2.45. The Kier molecular flexibility index (Phi) is 22.3. The van der Waals surface area contributed by atoms with Gasteiger partial charge < -0.3 is 28.8 Å². The van der Waals surface area contributed by atoms with Crippen LogP contribution in [0.25, 0.3) is 0 Å². The number of amides is 4. The zero-order valence-corrected chi connectivity index (χ0v) is 58.7. The molecule has 6 heterocycles. The molecule has 4 atom stereocenters. The van der Waals surface area contributed by atoms with Crippen LogP contribution < -0.4 is 10.2 Å². The molecule has 4 amide bonds. The molecular formula is C81H88Cl2N12O6. The number of hydrogen-bond acceptors (Lipinski definition) is 12. The minimum atomic E-state index is -0.773. The summed E-state index contributed by atoms with van der Waals surface area (Å²) < 4.78 is 16.2. The van der Waals surface area contributed by atoms with Crippen LogP contribution in [0.15, 0.2) is 189 Å². The molecule has 4 aromatic heterocycles. The highest BCUT2D eigenvalue weighted by Crippen LogP contribution is 2.41. The number of anilines is 2. The molecule has 522 valence electrons. The number of halogens is 2. The number of piperazine rings is 2. The molecule has 4 unspecified atom stereocenters. The van der Waals surface area contributed by atoms with Crippen molar-refractivity contribution >= 4 is 58.6 Å². The third kappa shape index (κ3) is 16.7. The van der Waals surface area contributed by atoms with Crippen molar-refractivity contribution < 1.29 is 28.7 Å². The summed E-state index contributed by atoms with van der Waals surface area (Å²) in [6.07, 6.45) is 28.6. The Morgan fingerprint density at radius 3 is 1.57 bits per heavy atom. The van der Waals surface area contributed by atoms with E-state index in [4.69, 9.17) is 42.6 Å². The first-order valence-corrected chi connectivity index (χ1v) is 36.9. The van der Waals surface area contributed by atoms with E-state index >= 15 is 4.79 Å². The Balaban J connectivity index is 0.000000174. The first kappa shape index (κ1) is 68.9.